The van der Waals surface area contributed by atoms with Gasteiger partial charge >= 0.3 is 0 Å². The van der Waals surface area contributed by atoms with E-state index in [4.69, 9.17) is 5.10 Å². The van der Waals surface area contributed by atoms with Gasteiger partial charge in [0.15, 0.2) is 5.17 Å². The van der Waals surface area contributed by atoms with Gasteiger partial charge in [0.05, 0.1) is 15.5 Å². The van der Waals surface area contributed by atoms with Crippen molar-refractivity contribution in [3.8, 4) is 16.9 Å². The summed E-state index contributed by atoms with van der Waals surface area (Å²) >= 11 is 1.39. The van der Waals surface area contributed by atoms with Gasteiger partial charge in [-0.2, -0.15) is 10.1 Å². The van der Waals surface area contributed by atoms with Crippen LogP contribution in [0, 0.1) is 5.92 Å². The molecular weight excluding hydrogens is 579 g/mol. The lowest BCUT2D eigenvalue weighted by Gasteiger charge is -2.32. The second kappa shape index (κ2) is 12.3. The molecule has 10 heteroatoms. The zero-order valence-electron chi connectivity index (χ0n) is 24.1. The van der Waals surface area contributed by atoms with Gasteiger partial charge in [-0.05, 0) is 72.8 Å². The Labute approximate surface area is 256 Å². The van der Waals surface area contributed by atoms with E-state index < -0.39 is 10.0 Å². The number of aromatic nitrogens is 2. The van der Waals surface area contributed by atoms with Gasteiger partial charge in [0, 0.05) is 44.5 Å². The second-order valence-corrected chi connectivity index (χ2v) is 14.1. The van der Waals surface area contributed by atoms with Crippen LogP contribution in [-0.4, -0.2) is 65.7 Å². The molecule has 0 N–H and O–H groups in total. The van der Waals surface area contributed by atoms with E-state index in [1.54, 1.807) is 22.9 Å². The highest BCUT2D eigenvalue weighted by atomic mass is 32.2. The lowest BCUT2D eigenvalue weighted by molar-refractivity contribution is -0.113. The van der Waals surface area contributed by atoms with Gasteiger partial charge in [0.2, 0.25) is 10.0 Å². The molecule has 0 aliphatic carbocycles. The van der Waals surface area contributed by atoms with E-state index in [1.165, 1.54) is 35.7 Å². The first-order chi connectivity index (χ1) is 20.8. The summed E-state index contributed by atoms with van der Waals surface area (Å²) in [6, 6.07) is 27.0. The number of carbonyl (C=O) groups excluding carboxylic acids is 1. The Kier molecular flexibility index (Phi) is 8.34. The standard InChI is InChI=1S/C33H33N5O3S2/c1-36(2)43(40,41)29-15-9-12-26(21-29)31-27(23-38(35-31)28-13-7-4-8-14-28)22-30-32(39)34-33(42-30)37-18-16-25(17-19-37)20-24-10-5-3-6-11-24/h3-15,21-23,25H,16-20H2,1-2H3/b30-22-. The van der Waals surface area contributed by atoms with Crippen molar-refractivity contribution in [3.05, 3.63) is 107 Å². The number of nitrogens with zero attached hydrogens (tertiary/aromatic N) is 5. The van der Waals surface area contributed by atoms with Crippen LogP contribution in [0.25, 0.3) is 23.0 Å². The number of amidine groups is 1. The second-order valence-electron chi connectivity index (χ2n) is 11.0. The number of likely N-dealkylation sites (tertiary alicyclic amines) is 1. The summed E-state index contributed by atoms with van der Waals surface area (Å²) in [6.45, 7) is 1.74. The van der Waals surface area contributed by atoms with Crippen LogP contribution in [-0.2, 0) is 21.2 Å². The molecule has 8 nitrogen and oxygen atoms in total. The van der Waals surface area contributed by atoms with E-state index >= 15 is 0 Å². The molecule has 0 radical (unpaired) electrons. The van der Waals surface area contributed by atoms with Crippen LogP contribution in [0.15, 0.2) is 106 Å². The third-order valence-corrected chi connectivity index (χ3v) is 10.7. The zero-order valence-corrected chi connectivity index (χ0v) is 25.8. The minimum absolute atomic E-state index is 0.176. The lowest BCUT2D eigenvalue weighted by Crippen LogP contribution is -2.37. The number of para-hydroxylation sites is 1. The number of benzene rings is 3. The number of hydrogen-bond acceptors (Lipinski definition) is 6. The summed E-state index contributed by atoms with van der Waals surface area (Å²) in [5.74, 6) is 0.351. The molecular formula is C33H33N5O3S2. The molecule has 1 fully saturated rings. The van der Waals surface area contributed by atoms with Gasteiger partial charge in [-0.15, -0.1) is 0 Å². The molecule has 220 valence electrons. The topological polar surface area (TPSA) is 87.9 Å². The van der Waals surface area contributed by atoms with E-state index in [9.17, 15) is 13.2 Å². The van der Waals surface area contributed by atoms with Crippen LogP contribution >= 0.6 is 11.8 Å². The van der Waals surface area contributed by atoms with Gasteiger partial charge < -0.3 is 4.90 Å². The van der Waals surface area contributed by atoms with Crippen molar-refractivity contribution in [3.63, 3.8) is 0 Å². The average Bonchev–Trinajstić information content (AvgIpc) is 3.62. The zero-order chi connectivity index (χ0) is 30.0. The first-order valence-electron chi connectivity index (χ1n) is 14.3. The number of hydrogen-bond donors (Lipinski definition) is 0. The molecule has 2 aliphatic rings. The van der Waals surface area contributed by atoms with Crippen LogP contribution in [0.2, 0.25) is 0 Å². The molecule has 3 heterocycles. The summed E-state index contributed by atoms with van der Waals surface area (Å²) in [6.07, 6.45) is 6.87. The SMILES string of the molecule is CN(C)S(=O)(=O)c1cccc(-c2nn(-c3ccccc3)cc2/C=C2\SC(N3CCC(Cc4ccccc4)CC3)=NC2=O)c1. The minimum Gasteiger partial charge on any atom is -0.351 e. The fourth-order valence-corrected chi connectivity index (χ4v) is 7.30. The van der Waals surface area contributed by atoms with Crippen molar-refractivity contribution >= 4 is 38.9 Å². The van der Waals surface area contributed by atoms with Crippen molar-refractivity contribution in [2.24, 2.45) is 10.9 Å². The summed E-state index contributed by atoms with van der Waals surface area (Å²) in [5, 5.41) is 5.57. The predicted octanol–water partition coefficient (Wildman–Crippen LogP) is 5.71. The van der Waals surface area contributed by atoms with Crippen LogP contribution in [0.1, 0.15) is 24.0 Å². The highest BCUT2D eigenvalue weighted by molar-refractivity contribution is 8.18. The van der Waals surface area contributed by atoms with E-state index in [1.807, 2.05) is 54.7 Å². The van der Waals surface area contributed by atoms with Crippen LogP contribution < -0.4 is 0 Å². The van der Waals surface area contributed by atoms with Gasteiger partial charge in [-0.25, -0.2) is 17.4 Å². The molecule has 43 heavy (non-hydrogen) atoms. The third kappa shape index (κ3) is 6.36. The van der Waals surface area contributed by atoms with Crippen molar-refractivity contribution in [1.82, 2.24) is 19.0 Å². The summed E-state index contributed by atoms with van der Waals surface area (Å²) < 4.78 is 28.7. The molecule has 0 bridgehead atoms. The van der Waals surface area contributed by atoms with Crippen LogP contribution in [0.3, 0.4) is 0 Å². The van der Waals surface area contributed by atoms with Gasteiger partial charge in [0.1, 0.15) is 5.69 Å². The molecule has 0 saturated carbocycles. The normalized spacial score (nSPS) is 17.2. The smallest absolute Gasteiger partial charge is 0.286 e. The molecule has 1 aromatic heterocycles. The Morgan fingerprint density at radius 1 is 0.953 bits per heavy atom. The van der Waals surface area contributed by atoms with E-state index in [0.717, 1.165) is 43.2 Å². The molecule has 1 saturated heterocycles. The maximum atomic E-state index is 13.1. The number of thioether (sulfide) groups is 1. The van der Waals surface area contributed by atoms with E-state index in [2.05, 4.69) is 34.2 Å². The molecule has 6 rings (SSSR count). The predicted molar refractivity (Wildman–Crippen MR) is 172 cm³/mol. The summed E-state index contributed by atoms with van der Waals surface area (Å²) in [7, 11) is -0.621. The average molecular weight is 612 g/mol. The highest BCUT2D eigenvalue weighted by Crippen LogP contribution is 2.35. The molecule has 2 aliphatic heterocycles. The first kappa shape index (κ1) is 29.1. The van der Waals surface area contributed by atoms with Crippen molar-refractivity contribution in [1.29, 1.82) is 0 Å². The van der Waals surface area contributed by atoms with Crippen LogP contribution in [0.4, 0.5) is 0 Å². The first-order valence-corrected chi connectivity index (χ1v) is 16.5. The van der Waals surface area contributed by atoms with E-state index in [-0.39, 0.29) is 10.8 Å². The maximum Gasteiger partial charge on any atom is 0.286 e. The molecule has 1 amide bonds. The third-order valence-electron chi connectivity index (χ3n) is 7.80. The highest BCUT2D eigenvalue weighted by Gasteiger charge is 2.30. The Bertz CT molecular complexity index is 1790. The largest absolute Gasteiger partial charge is 0.351 e. The number of sulfonamides is 1. The monoisotopic (exact) mass is 611 g/mol. The van der Waals surface area contributed by atoms with Crippen LogP contribution in [0.5, 0.6) is 0 Å². The summed E-state index contributed by atoms with van der Waals surface area (Å²) in [5.41, 5.74) is 4.14. The fourth-order valence-electron chi connectivity index (χ4n) is 5.40. The molecule has 3 aromatic carbocycles. The van der Waals surface area contributed by atoms with E-state index in [0.29, 0.717) is 27.6 Å². The molecule has 0 atom stereocenters. The Morgan fingerprint density at radius 3 is 2.35 bits per heavy atom. The minimum atomic E-state index is -3.64. The quantitative estimate of drug-likeness (QED) is 0.249. The van der Waals surface area contributed by atoms with Gasteiger partial charge in [-0.1, -0.05) is 60.7 Å². The molecule has 4 aromatic rings. The fraction of sp³-hybridized carbons (Fsp3) is 0.242. The Morgan fingerprint density at radius 2 is 1.65 bits per heavy atom. The number of aliphatic imine (C=N–C) groups is 1. The number of rotatable bonds is 7. The van der Waals surface area contributed by atoms with Gasteiger partial charge in [0.25, 0.3) is 5.91 Å². The Balaban J connectivity index is 1.25. The lowest BCUT2D eigenvalue weighted by atomic mass is 9.90. The number of amides is 1. The van der Waals surface area contributed by atoms with Crippen molar-refractivity contribution < 1.29 is 13.2 Å². The molecule has 0 unspecified atom stereocenters. The Hall–Kier alpha value is -3.99. The maximum absolute atomic E-state index is 13.1. The van der Waals surface area contributed by atoms with Crippen molar-refractivity contribution in [2.75, 3.05) is 27.2 Å². The number of piperidine rings is 1. The number of carbonyl (C=O) groups is 1. The van der Waals surface area contributed by atoms with Crippen molar-refractivity contribution in [2.45, 2.75) is 24.2 Å². The van der Waals surface area contributed by atoms with Gasteiger partial charge in [-0.3, -0.25) is 4.79 Å². The molecule has 0 spiro atoms. The summed E-state index contributed by atoms with van der Waals surface area (Å²) in [4.78, 5) is 20.4.